The summed E-state index contributed by atoms with van der Waals surface area (Å²) < 4.78 is 5.51. The number of aliphatic hydroxyl groups is 2. The van der Waals surface area contributed by atoms with Crippen molar-refractivity contribution in [3.05, 3.63) is 36.5 Å². The van der Waals surface area contributed by atoms with Crippen molar-refractivity contribution in [3.63, 3.8) is 0 Å². The lowest BCUT2D eigenvalue weighted by Gasteiger charge is -2.20. The van der Waals surface area contributed by atoms with Crippen molar-refractivity contribution in [2.75, 3.05) is 13.2 Å². The van der Waals surface area contributed by atoms with Crippen LogP contribution in [0.2, 0.25) is 0 Å². The Labute approximate surface area is 532 Å². The molecule has 0 rings (SSSR count). The van der Waals surface area contributed by atoms with Crippen molar-refractivity contribution >= 4 is 11.9 Å². The van der Waals surface area contributed by atoms with Gasteiger partial charge in [0, 0.05) is 12.8 Å². The van der Waals surface area contributed by atoms with Gasteiger partial charge in [-0.3, -0.25) is 9.59 Å². The number of ether oxygens (including phenoxy) is 1. The molecule has 502 valence electrons. The van der Waals surface area contributed by atoms with Crippen molar-refractivity contribution < 1.29 is 24.5 Å². The van der Waals surface area contributed by atoms with E-state index in [1.165, 1.54) is 360 Å². The summed E-state index contributed by atoms with van der Waals surface area (Å²) in [7, 11) is 0. The van der Waals surface area contributed by atoms with Crippen molar-refractivity contribution in [1.29, 1.82) is 0 Å². The van der Waals surface area contributed by atoms with Gasteiger partial charge in [-0.1, -0.05) is 391 Å². The number of unbranched alkanes of at least 4 members (excludes halogenated alkanes) is 58. The van der Waals surface area contributed by atoms with Crippen molar-refractivity contribution in [2.45, 2.75) is 443 Å². The topological polar surface area (TPSA) is 95.9 Å². The fourth-order valence-corrected chi connectivity index (χ4v) is 12.3. The first-order chi connectivity index (χ1) is 42.0. The Morgan fingerprint density at radius 3 is 0.894 bits per heavy atom. The van der Waals surface area contributed by atoms with Crippen LogP contribution >= 0.6 is 0 Å². The number of hydrogen-bond donors (Lipinski definition) is 3. The van der Waals surface area contributed by atoms with Crippen LogP contribution in [0.15, 0.2) is 36.5 Å². The van der Waals surface area contributed by atoms with Crippen molar-refractivity contribution in [1.82, 2.24) is 5.32 Å². The van der Waals surface area contributed by atoms with Gasteiger partial charge >= 0.3 is 5.97 Å². The molecule has 0 spiro atoms. The molecular weight excluding hydrogens is 1040 g/mol. The van der Waals surface area contributed by atoms with E-state index in [1.807, 2.05) is 6.08 Å². The zero-order chi connectivity index (χ0) is 61.3. The van der Waals surface area contributed by atoms with Crippen LogP contribution in [0, 0.1) is 0 Å². The van der Waals surface area contributed by atoms with E-state index in [-0.39, 0.29) is 18.5 Å². The third-order valence-corrected chi connectivity index (χ3v) is 18.2. The van der Waals surface area contributed by atoms with E-state index in [0.717, 1.165) is 44.9 Å². The molecule has 0 saturated heterocycles. The first kappa shape index (κ1) is 83.1. The molecule has 6 heteroatoms. The second-order valence-corrected chi connectivity index (χ2v) is 26.7. The van der Waals surface area contributed by atoms with Crippen molar-refractivity contribution in [3.8, 4) is 0 Å². The number of rotatable bonds is 73. The molecule has 6 nitrogen and oxygen atoms in total. The lowest BCUT2D eigenvalue weighted by Crippen LogP contribution is -2.45. The molecule has 0 heterocycles. The van der Waals surface area contributed by atoms with Crippen LogP contribution in [-0.4, -0.2) is 47.4 Å². The Kier molecular flexibility index (Phi) is 72.9. The molecule has 2 atom stereocenters. The molecular formula is C79H151NO5. The summed E-state index contributed by atoms with van der Waals surface area (Å²) in [5.41, 5.74) is 0. The number of hydrogen-bond acceptors (Lipinski definition) is 5. The maximum Gasteiger partial charge on any atom is 0.305 e. The highest BCUT2D eigenvalue weighted by atomic mass is 16.5. The molecule has 0 saturated carbocycles. The Hall–Kier alpha value is -1.92. The average molecular weight is 1200 g/mol. The normalized spacial score (nSPS) is 12.7. The Bertz CT molecular complexity index is 1380. The van der Waals surface area contributed by atoms with Crippen LogP contribution in [0.5, 0.6) is 0 Å². The second-order valence-electron chi connectivity index (χ2n) is 26.7. The molecule has 0 aliphatic heterocycles. The molecule has 0 aromatic heterocycles. The summed E-state index contributed by atoms with van der Waals surface area (Å²) in [5, 5.41) is 23.2. The summed E-state index contributed by atoms with van der Waals surface area (Å²) in [5.74, 6) is -0.0400. The standard InChI is InChI=1S/C79H151NO5/c1-3-5-7-9-11-13-15-17-19-41-45-49-53-57-61-65-69-73-79(84)85-74-70-66-62-58-54-50-46-43-40-38-36-34-32-30-28-26-24-22-20-21-23-25-27-29-31-33-35-37-39-42-44-48-52-56-60-64-68-72-78(83)80-76(75-81)77(82)71-67-63-59-55-51-47-18-16-14-12-10-8-6-4-2/h20,22,26,28,67,71,76-77,81-82H,3-19,21,23-25,27,29-66,68-70,72-75H2,1-2H3,(H,80,83)/b22-20-,28-26-,71-67+. The fraction of sp³-hybridized carbons (Fsp3) is 0.899. The van der Waals surface area contributed by atoms with E-state index in [0.29, 0.717) is 19.4 Å². The van der Waals surface area contributed by atoms with Gasteiger partial charge in [0.05, 0.1) is 25.4 Å². The highest BCUT2D eigenvalue weighted by Gasteiger charge is 2.18. The van der Waals surface area contributed by atoms with E-state index in [4.69, 9.17) is 4.74 Å². The molecule has 0 fully saturated rings. The van der Waals surface area contributed by atoms with E-state index in [9.17, 15) is 19.8 Å². The predicted molar refractivity (Wildman–Crippen MR) is 375 cm³/mol. The second kappa shape index (κ2) is 74.5. The van der Waals surface area contributed by atoms with Gasteiger partial charge in [-0.05, 0) is 64.2 Å². The largest absolute Gasteiger partial charge is 0.466 e. The fourth-order valence-electron chi connectivity index (χ4n) is 12.3. The van der Waals surface area contributed by atoms with Gasteiger partial charge in [-0.2, -0.15) is 0 Å². The first-order valence-electron chi connectivity index (χ1n) is 38.8. The van der Waals surface area contributed by atoms with Crippen LogP contribution in [0.4, 0.5) is 0 Å². The van der Waals surface area contributed by atoms with E-state index >= 15 is 0 Å². The van der Waals surface area contributed by atoms with E-state index < -0.39 is 12.1 Å². The number of nitrogens with one attached hydrogen (secondary N) is 1. The minimum absolute atomic E-state index is 0.0232. The molecule has 0 radical (unpaired) electrons. The Morgan fingerprint density at radius 1 is 0.329 bits per heavy atom. The van der Waals surface area contributed by atoms with Gasteiger partial charge in [0.1, 0.15) is 0 Å². The predicted octanol–water partition coefficient (Wildman–Crippen LogP) is 25.4. The zero-order valence-corrected chi connectivity index (χ0v) is 57.6. The summed E-state index contributed by atoms with van der Waals surface area (Å²) in [6.07, 6.45) is 97.0. The zero-order valence-electron chi connectivity index (χ0n) is 57.6. The van der Waals surface area contributed by atoms with E-state index in [1.54, 1.807) is 6.08 Å². The van der Waals surface area contributed by atoms with Crippen molar-refractivity contribution in [2.24, 2.45) is 0 Å². The van der Waals surface area contributed by atoms with Crippen LogP contribution in [0.1, 0.15) is 431 Å². The molecule has 0 aliphatic carbocycles. The SMILES string of the molecule is CCCCCCCCCCCCCC/C=C/C(O)C(CO)NC(=O)CCCCCCCCCCCCCCCCCCC/C=C\C/C=C\CCCCCCCCCCCCCCCOC(=O)CCCCCCCCCCCCCCCCCCC. The van der Waals surface area contributed by atoms with Crippen LogP contribution in [0.3, 0.4) is 0 Å². The Morgan fingerprint density at radius 2 is 0.588 bits per heavy atom. The average Bonchev–Trinajstić information content (AvgIpc) is 3.51. The minimum atomic E-state index is -0.842. The summed E-state index contributed by atoms with van der Waals surface area (Å²) in [6, 6.07) is -0.625. The molecule has 0 aliphatic rings. The maximum atomic E-state index is 12.5. The number of carbonyl (C=O) groups excluding carboxylic acids is 2. The van der Waals surface area contributed by atoms with Gasteiger partial charge in [-0.15, -0.1) is 0 Å². The molecule has 0 bridgehead atoms. The quantitative estimate of drug-likeness (QED) is 0.0320. The number of amides is 1. The molecule has 1 amide bonds. The number of esters is 1. The van der Waals surface area contributed by atoms with Gasteiger partial charge in [-0.25, -0.2) is 0 Å². The summed E-state index contributed by atoms with van der Waals surface area (Å²) in [4.78, 5) is 24.6. The van der Waals surface area contributed by atoms with Crippen LogP contribution in [0.25, 0.3) is 0 Å². The highest BCUT2D eigenvalue weighted by molar-refractivity contribution is 5.76. The molecule has 3 N–H and O–H groups in total. The maximum absolute atomic E-state index is 12.5. The Balaban J connectivity index is 3.35. The molecule has 2 unspecified atom stereocenters. The number of allylic oxidation sites excluding steroid dienone is 5. The van der Waals surface area contributed by atoms with Gasteiger partial charge in [0.25, 0.3) is 0 Å². The van der Waals surface area contributed by atoms with Gasteiger partial charge < -0.3 is 20.3 Å². The lowest BCUT2D eigenvalue weighted by atomic mass is 10.0. The smallest absolute Gasteiger partial charge is 0.305 e. The lowest BCUT2D eigenvalue weighted by molar-refractivity contribution is -0.143. The number of carbonyl (C=O) groups is 2. The minimum Gasteiger partial charge on any atom is -0.466 e. The van der Waals surface area contributed by atoms with Gasteiger partial charge in [0.15, 0.2) is 0 Å². The molecule has 85 heavy (non-hydrogen) atoms. The third kappa shape index (κ3) is 71.0. The monoisotopic (exact) mass is 1190 g/mol. The number of aliphatic hydroxyl groups excluding tert-OH is 2. The third-order valence-electron chi connectivity index (χ3n) is 18.2. The summed E-state index contributed by atoms with van der Waals surface area (Å²) in [6.45, 7) is 4.94. The molecule has 0 aromatic rings. The molecule has 0 aromatic carbocycles. The van der Waals surface area contributed by atoms with Crippen LogP contribution < -0.4 is 5.32 Å². The summed E-state index contributed by atoms with van der Waals surface area (Å²) >= 11 is 0. The first-order valence-corrected chi connectivity index (χ1v) is 38.8. The highest BCUT2D eigenvalue weighted by Crippen LogP contribution is 2.19. The van der Waals surface area contributed by atoms with Crippen LogP contribution in [-0.2, 0) is 14.3 Å². The van der Waals surface area contributed by atoms with E-state index in [2.05, 4.69) is 43.5 Å². The van der Waals surface area contributed by atoms with Gasteiger partial charge in [0.2, 0.25) is 5.91 Å².